The van der Waals surface area contributed by atoms with E-state index in [-0.39, 0.29) is 28.1 Å². The molecule has 0 aliphatic carbocycles. The lowest BCUT2D eigenvalue weighted by molar-refractivity contribution is -0.116. The van der Waals surface area contributed by atoms with E-state index in [9.17, 15) is 44.3 Å². The first kappa shape index (κ1) is 25.3. The molecule has 0 aliphatic rings. The zero-order chi connectivity index (χ0) is 23.8. The van der Waals surface area contributed by atoms with Crippen LogP contribution in [0.2, 0.25) is 0 Å². The molecular formula is C16H18ClNO10S3. The lowest BCUT2D eigenvalue weighted by Crippen LogP contribution is -2.27. The summed E-state index contributed by atoms with van der Waals surface area (Å²) in [6, 6.07) is 3.12. The molecule has 1 amide bonds. The second-order valence-electron chi connectivity index (χ2n) is 6.58. The van der Waals surface area contributed by atoms with Gasteiger partial charge in [0.25, 0.3) is 20.2 Å². The van der Waals surface area contributed by atoms with Crippen molar-refractivity contribution in [1.29, 1.82) is 0 Å². The van der Waals surface area contributed by atoms with Gasteiger partial charge in [0.1, 0.15) is 5.75 Å². The van der Waals surface area contributed by atoms with E-state index in [2.05, 4.69) is 5.32 Å². The van der Waals surface area contributed by atoms with Gasteiger partial charge >= 0.3 is 0 Å². The number of alkyl halides is 1. The number of carbonyl (C=O) groups is 1. The first-order chi connectivity index (χ1) is 14.1. The maximum Gasteiger partial charge on any atom is 0.294 e. The van der Waals surface area contributed by atoms with Crippen LogP contribution in [0, 0.1) is 0 Å². The molecular weight excluding hydrogens is 498 g/mol. The summed E-state index contributed by atoms with van der Waals surface area (Å²) in [7, 11) is -13.3. The van der Waals surface area contributed by atoms with E-state index in [0.717, 1.165) is 18.2 Å². The molecule has 0 aliphatic heterocycles. The third-order valence-corrected chi connectivity index (χ3v) is 8.53. The number of rotatable bonds is 8. The molecule has 0 saturated carbocycles. The van der Waals surface area contributed by atoms with Crippen LogP contribution in [0.1, 0.15) is 13.3 Å². The number of phenols is 1. The van der Waals surface area contributed by atoms with E-state index in [1.165, 1.54) is 6.92 Å². The molecule has 2 rings (SSSR count). The number of sulfone groups is 1. The summed E-state index contributed by atoms with van der Waals surface area (Å²) >= 11 is 5.44. The minimum absolute atomic E-state index is 0.167. The Morgan fingerprint density at radius 1 is 1.00 bits per heavy atom. The molecule has 0 bridgehead atoms. The number of nitrogens with one attached hydrogen (secondary N) is 1. The van der Waals surface area contributed by atoms with Crippen LogP contribution in [0.4, 0.5) is 5.69 Å². The molecule has 1 unspecified atom stereocenters. The van der Waals surface area contributed by atoms with E-state index >= 15 is 0 Å². The average Bonchev–Trinajstić information content (AvgIpc) is 2.59. The summed E-state index contributed by atoms with van der Waals surface area (Å²) in [5.74, 6) is -2.12. The summed E-state index contributed by atoms with van der Waals surface area (Å²) in [6.07, 6.45) is -0.527. The predicted octanol–water partition coefficient (Wildman–Crippen LogP) is 1.41. The SMILES string of the molecule is CC(CC(=O)Nc1cc(S(=O)(=O)O)cc2cc(S(=O)(=O)O)cc(O)c12)S(=O)(=O)CCCl. The second kappa shape index (κ2) is 8.88. The van der Waals surface area contributed by atoms with Crippen LogP contribution >= 0.6 is 11.6 Å². The van der Waals surface area contributed by atoms with Crippen molar-refractivity contribution in [2.75, 3.05) is 16.9 Å². The molecule has 2 aromatic rings. The van der Waals surface area contributed by atoms with Gasteiger partial charge in [0, 0.05) is 23.8 Å². The quantitative estimate of drug-likeness (QED) is 0.295. The number of carbonyl (C=O) groups excluding carboxylic acids is 1. The molecule has 4 N–H and O–H groups in total. The fourth-order valence-corrected chi connectivity index (χ4v) is 5.48. The molecule has 31 heavy (non-hydrogen) atoms. The van der Waals surface area contributed by atoms with Gasteiger partial charge < -0.3 is 10.4 Å². The maximum atomic E-state index is 12.4. The Kier molecular flexibility index (Phi) is 7.24. The first-order valence-corrected chi connectivity index (χ1v) is 13.5. The summed E-state index contributed by atoms with van der Waals surface area (Å²) < 4.78 is 88.5. The Balaban J connectivity index is 2.59. The van der Waals surface area contributed by atoms with Gasteiger partial charge in [-0.25, -0.2) is 8.42 Å². The number of benzene rings is 2. The predicted molar refractivity (Wildman–Crippen MR) is 112 cm³/mol. The largest absolute Gasteiger partial charge is 0.507 e. The molecule has 0 aromatic heterocycles. The molecule has 172 valence electrons. The minimum Gasteiger partial charge on any atom is -0.507 e. The molecule has 0 saturated heterocycles. The lowest BCUT2D eigenvalue weighted by Gasteiger charge is -2.15. The number of halogens is 1. The van der Waals surface area contributed by atoms with E-state index in [1.54, 1.807) is 0 Å². The molecule has 0 heterocycles. The number of fused-ring (bicyclic) bond motifs is 1. The Morgan fingerprint density at radius 3 is 2.00 bits per heavy atom. The van der Waals surface area contributed by atoms with Crippen molar-refractivity contribution in [3.8, 4) is 5.75 Å². The molecule has 1 atom stereocenters. The maximum absolute atomic E-state index is 12.4. The van der Waals surface area contributed by atoms with Crippen molar-refractivity contribution in [3.05, 3.63) is 24.3 Å². The van der Waals surface area contributed by atoms with E-state index in [1.807, 2.05) is 0 Å². The van der Waals surface area contributed by atoms with E-state index < -0.39 is 63.2 Å². The Morgan fingerprint density at radius 2 is 1.52 bits per heavy atom. The fraction of sp³-hybridized carbons (Fsp3) is 0.312. The van der Waals surface area contributed by atoms with Crippen LogP contribution in [0.15, 0.2) is 34.1 Å². The number of hydrogen-bond donors (Lipinski definition) is 4. The molecule has 0 radical (unpaired) electrons. The third kappa shape index (κ3) is 6.05. The highest BCUT2D eigenvalue weighted by atomic mass is 35.5. The zero-order valence-corrected chi connectivity index (χ0v) is 19.0. The highest BCUT2D eigenvalue weighted by molar-refractivity contribution is 7.92. The summed E-state index contributed by atoms with van der Waals surface area (Å²) in [6.45, 7) is 1.28. The molecule has 0 spiro atoms. The highest BCUT2D eigenvalue weighted by Crippen LogP contribution is 2.36. The third-order valence-electron chi connectivity index (χ3n) is 4.29. The van der Waals surface area contributed by atoms with E-state index in [4.69, 9.17) is 11.6 Å². The van der Waals surface area contributed by atoms with Crippen molar-refractivity contribution in [2.45, 2.75) is 28.4 Å². The van der Waals surface area contributed by atoms with Gasteiger partial charge in [-0.05, 0) is 30.5 Å². The first-order valence-electron chi connectivity index (χ1n) is 8.39. The number of hydrogen-bond acceptors (Lipinski definition) is 8. The zero-order valence-electron chi connectivity index (χ0n) is 15.8. The summed E-state index contributed by atoms with van der Waals surface area (Å²) in [5.41, 5.74) is -0.337. The number of amides is 1. The van der Waals surface area contributed by atoms with Crippen LogP contribution < -0.4 is 5.32 Å². The number of phenolic OH excluding ortho intramolecular Hbond substituents is 1. The lowest BCUT2D eigenvalue weighted by atomic mass is 10.1. The standard InChI is InChI=1S/C16H18ClNO10S3/c1-9(29(21,22)3-2-17)4-15(20)18-13-7-11(30(23,24)25)5-10-6-12(31(26,27)28)8-14(19)16(10)13/h5-9,19H,2-4H2,1H3,(H,18,20)(H,23,24,25)(H,26,27,28). The molecule has 2 aromatic carbocycles. The molecule has 0 fully saturated rings. The number of anilines is 1. The van der Waals surface area contributed by atoms with E-state index in [0.29, 0.717) is 6.07 Å². The van der Waals surface area contributed by atoms with Gasteiger partial charge in [-0.2, -0.15) is 16.8 Å². The smallest absolute Gasteiger partial charge is 0.294 e. The Hall–Kier alpha value is -1.97. The Bertz CT molecular complexity index is 1350. The highest BCUT2D eigenvalue weighted by Gasteiger charge is 2.25. The monoisotopic (exact) mass is 515 g/mol. The van der Waals surface area contributed by atoms with Crippen LogP contribution in [-0.4, -0.2) is 62.3 Å². The number of aromatic hydroxyl groups is 1. The summed E-state index contributed by atoms with van der Waals surface area (Å²) in [4.78, 5) is 10.9. The molecule has 15 heteroatoms. The van der Waals surface area contributed by atoms with Gasteiger partial charge in [0.15, 0.2) is 9.84 Å². The van der Waals surface area contributed by atoms with Gasteiger partial charge in [-0.15, -0.1) is 11.6 Å². The van der Waals surface area contributed by atoms with Crippen LogP contribution in [0.5, 0.6) is 5.75 Å². The van der Waals surface area contributed by atoms with Crippen molar-refractivity contribution in [2.24, 2.45) is 0 Å². The van der Waals surface area contributed by atoms with Gasteiger partial charge in [-0.3, -0.25) is 13.9 Å². The average molecular weight is 516 g/mol. The van der Waals surface area contributed by atoms with Crippen molar-refractivity contribution < 1.29 is 44.3 Å². The summed E-state index contributed by atoms with van der Waals surface area (Å²) in [5, 5.41) is 10.9. The van der Waals surface area contributed by atoms with Crippen molar-refractivity contribution in [3.63, 3.8) is 0 Å². The minimum atomic E-state index is -4.82. The van der Waals surface area contributed by atoms with Gasteiger partial charge in [0.05, 0.1) is 26.5 Å². The van der Waals surface area contributed by atoms with Gasteiger partial charge in [-0.1, -0.05) is 0 Å². The molecule has 11 nitrogen and oxygen atoms in total. The van der Waals surface area contributed by atoms with Crippen LogP contribution in [0.3, 0.4) is 0 Å². The van der Waals surface area contributed by atoms with Crippen molar-refractivity contribution in [1.82, 2.24) is 0 Å². The van der Waals surface area contributed by atoms with Gasteiger partial charge in [0.2, 0.25) is 5.91 Å². The topological polar surface area (TPSA) is 192 Å². The van der Waals surface area contributed by atoms with Crippen LogP contribution in [-0.2, 0) is 34.9 Å². The van der Waals surface area contributed by atoms with Crippen LogP contribution in [0.25, 0.3) is 10.8 Å². The fourth-order valence-electron chi connectivity index (χ4n) is 2.73. The Labute approximate surface area is 183 Å². The van der Waals surface area contributed by atoms with Crippen molar-refractivity contribution >= 4 is 64.0 Å². The normalized spacial score (nSPS) is 13.8. The second-order valence-corrected chi connectivity index (χ2v) is 12.3.